The first kappa shape index (κ1) is 12.0. The van der Waals surface area contributed by atoms with Gasteiger partial charge in [0.05, 0.1) is 10.5 Å². The van der Waals surface area contributed by atoms with Crippen molar-refractivity contribution < 1.29 is 14.5 Å². The smallest absolute Gasteiger partial charge is 0.339 e. The maximum Gasteiger partial charge on any atom is 0.339 e. The highest BCUT2D eigenvalue weighted by molar-refractivity contribution is 6.32. The predicted molar refractivity (Wildman–Crippen MR) is 57.2 cm³/mol. The van der Waals surface area contributed by atoms with Crippen molar-refractivity contribution in [3.05, 3.63) is 38.9 Å². The normalized spacial score (nSPS) is 9.25. The topological polar surface area (TPSA) is 69.4 Å². The molecular formula is C10H6ClNO4. The van der Waals surface area contributed by atoms with Crippen LogP contribution in [-0.4, -0.2) is 17.5 Å². The molecule has 0 unspecified atom stereocenters. The fourth-order valence-electron chi connectivity index (χ4n) is 0.970. The number of halogens is 1. The molecule has 6 heteroatoms. The van der Waals surface area contributed by atoms with Crippen molar-refractivity contribution in [2.24, 2.45) is 0 Å². The van der Waals surface area contributed by atoms with Gasteiger partial charge < -0.3 is 4.74 Å². The summed E-state index contributed by atoms with van der Waals surface area (Å²) < 4.78 is 4.61. The third-order valence-corrected chi connectivity index (χ3v) is 1.98. The highest BCUT2D eigenvalue weighted by atomic mass is 35.5. The van der Waals surface area contributed by atoms with Crippen LogP contribution in [0.15, 0.2) is 18.2 Å². The molecule has 0 fully saturated rings. The number of hydrogen-bond acceptors (Lipinski definition) is 4. The fraction of sp³-hybridized carbons (Fsp3) is 0.100. The predicted octanol–water partition coefficient (Wildman–Crippen LogP) is 2.04. The molecule has 0 aliphatic carbocycles. The Morgan fingerprint density at radius 2 is 2.31 bits per heavy atom. The van der Waals surface area contributed by atoms with E-state index in [0.717, 1.165) is 6.07 Å². The molecule has 0 atom stereocenters. The molecule has 82 valence electrons. The molecule has 0 aromatic heterocycles. The van der Waals surface area contributed by atoms with Crippen molar-refractivity contribution >= 4 is 23.3 Å². The highest BCUT2D eigenvalue weighted by Gasteiger charge is 2.16. The summed E-state index contributed by atoms with van der Waals surface area (Å²) in [7, 11) is 0. The lowest BCUT2D eigenvalue weighted by Gasteiger charge is -2.01. The van der Waals surface area contributed by atoms with Crippen LogP contribution >= 0.6 is 11.6 Å². The number of hydrogen-bond donors (Lipinski definition) is 0. The molecule has 0 spiro atoms. The molecule has 0 heterocycles. The highest BCUT2D eigenvalue weighted by Crippen LogP contribution is 2.25. The number of carbonyl (C=O) groups excluding carboxylic acids is 1. The van der Waals surface area contributed by atoms with Gasteiger partial charge in [-0.2, -0.15) is 0 Å². The van der Waals surface area contributed by atoms with Gasteiger partial charge in [0.15, 0.2) is 6.61 Å². The van der Waals surface area contributed by atoms with Crippen molar-refractivity contribution in [3.8, 4) is 12.3 Å². The molecule has 0 aliphatic heterocycles. The molecule has 0 radical (unpaired) electrons. The summed E-state index contributed by atoms with van der Waals surface area (Å²) in [6.45, 7) is -0.185. The van der Waals surface area contributed by atoms with Crippen LogP contribution in [-0.2, 0) is 4.74 Å². The molecule has 0 saturated carbocycles. The van der Waals surface area contributed by atoms with Crippen molar-refractivity contribution in [3.63, 3.8) is 0 Å². The maximum atomic E-state index is 11.3. The van der Waals surface area contributed by atoms with Gasteiger partial charge in [-0.25, -0.2) is 4.79 Å². The van der Waals surface area contributed by atoms with Gasteiger partial charge in [-0.3, -0.25) is 10.1 Å². The van der Waals surface area contributed by atoms with Gasteiger partial charge in [0.25, 0.3) is 5.69 Å². The fourth-order valence-corrected chi connectivity index (χ4v) is 1.16. The Balaban J connectivity index is 2.99. The number of nitro groups is 1. The van der Waals surface area contributed by atoms with E-state index in [1.165, 1.54) is 12.1 Å². The van der Waals surface area contributed by atoms with E-state index in [1.807, 2.05) is 0 Å². The van der Waals surface area contributed by atoms with Crippen LogP contribution in [0.3, 0.4) is 0 Å². The first-order chi connectivity index (χ1) is 7.56. The van der Waals surface area contributed by atoms with Crippen molar-refractivity contribution in [1.82, 2.24) is 0 Å². The molecule has 5 nitrogen and oxygen atoms in total. The van der Waals surface area contributed by atoms with E-state index in [0.29, 0.717) is 0 Å². The van der Waals surface area contributed by atoms with E-state index in [-0.39, 0.29) is 22.9 Å². The second-order valence-electron chi connectivity index (χ2n) is 2.70. The van der Waals surface area contributed by atoms with Crippen LogP contribution in [0, 0.1) is 22.5 Å². The first-order valence-corrected chi connectivity index (χ1v) is 4.48. The lowest BCUT2D eigenvalue weighted by molar-refractivity contribution is -0.384. The van der Waals surface area contributed by atoms with E-state index >= 15 is 0 Å². The van der Waals surface area contributed by atoms with Gasteiger partial charge in [0.2, 0.25) is 0 Å². The minimum Gasteiger partial charge on any atom is -0.449 e. The van der Waals surface area contributed by atoms with Crippen LogP contribution in [0.2, 0.25) is 5.02 Å². The van der Waals surface area contributed by atoms with Crippen molar-refractivity contribution in [2.75, 3.05) is 6.61 Å². The Morgan fingerprint density at radius 1 is 1.62 bits per heavy atom. The number of ether oxygens (including phenoxy) is 1. The SMILES string of the molecule is C#CCOC(=O)c1ccc(Cl)c([N+](=O)[O-])c1. The van der Waals surface area contributed by atoms with Crippen LogP contribution in [0.5, 0.6) is 0 Å². The number of nitrogens with zero attached hydrogens (tertiary/aromatic N) is 1. The van der Waals surface area contributed by atoms with E-state index < -0.39 is 10.9 Å². The Morgan fingerprint density at radius 3 is 2.88 bits per heavy atom. The van der Waals surface area contributed by atoms with Crippen LogP contribution in [0.25, 0.3) is 0 Å². The summed E-state index contributed by atoms with van der Waals surface area (Å²) >= 11 is 5.57. The molecule has 0 saturated heterocycles. The number of benzene rings is 1. The van der Waals surface area contributed by atoms with Gasteiger partial charge in [-0.05, 0) is 12.1 Å². The van der Waals surface area contributed by atoms with E-state index in [1.54, 1.807) is 0 Å². The number of nitro benzene ring substituents is 1. The van der Waals surface area contributed by atoms with E-state index in [4.69, 9.17) is 18.0 Å². The Kier molecular flexibility index (Phi) is 3.86. The zero-order valence-corrected chi connectivity index (χ0v) is 8.73. The van der Waals surface area contributed by atoms with E-state index in [9.17, 15) is 14.9 Å². The number of carbonyl (C=O) groups is 1. The van der Waals surface area contributed by atoms with Gasteiger partial charge in [0, 0.05) is 6.07 Å². The minimum atomic E-state index is -0.724. The summed E-state index contributed by atoms with van der Waals surface area (Å²) in [6, 6.07) is 3.63. The summed E-state index contributed by atoms with van der Waals surface area (Å²) in [6.07, 6.45) is 4.90. The zero-order valence-electron chi connectivity index (χ0n) is 7.97. The minimum absolute atomic E-state index is 0.0337. The van der Waals surface area contributed by atoms with Crippen molar-refractivity contribution in [2.45, 2.75) is 0 Å². The molecule has 0 N–H and O–H groups in total. The van der Waals surface area contributed by atoms with Crippen LogP contribution < -0.4 is 0 Å². The van der Waals surface area contributed by atoms with Gasteiger partial charge in [-0.15, -0.1) is 6.42 Å². The van der Waals surface area contributed by atoms with Crippen molar-refractivity contribution in [1.29, 1.82) is 0 Å². The first-order valence-electron chi connectivity index (χ1n) is 4.10. The molecule has 1 rings (SSSR count). The zero-order chi connectivity index (χ0) is 12.1. The summed E-state index contributed by atoms with van der Waals surface area (Å²) in [4.78, 5) is 21.2. The Bertz CT molecular complexity index is 478. The molecule has 1 aromatic rings. The van der Waals surface area contributed by atoms with Crippen LogP contribution in [0.4, 0.5) is 5.69 Å². The average molecular weight is 240 g/mol. The average Bonchev–Trinajstić information content (AvgIpc) is 2.26. The molecule has 0 aliphatic rings. The van der Waals surface area contributed by atoms with Gasteiger partial charge in [-0.1, -0.05) is 17.5 Å². The summed E-state index contributed by atoms with van der Waals surface area (Å²) in [5.74, 6) is 1.39. The number of terminal acetylenes is 1. The summed E-state index contributed by atoms with van der Waals surface area (Å²) in [5, 5.41) is 10.5. The molecule has 0 bridgehead atoms. The molecule has 16 heavy (non-hydrogen) atoms. The van der Waals surface area contributed by atoms with Gasteiger partial charge in [0.1, 0.15) is 5.02 Å². The standard InChI is InChI=1S/C10H6ClNO4/c1-2-5-16-10(13)7-3-4-8(11)9(6-7)12(14)15/h1,3-4,6H,5H2. The second kappa shape index (κ2) is 5.14. The summed E-state index contributed by atoms with van der Waals surface area (Å²) in [5.41, 5.74) is -0.317. The molecule has 1 aromatic carbocycles. The van der Waals surface area contributed by atoms with Crippen LogP contribution in [0.1, 0.15) is 10.4 Å². The van der Waals surface area contributed by atoms with E-state index in [2.05, 4.69) is 10.7 Å². The molecule has 0 amide bonds. The van der Waals surface area contributed by atoms with Gasteiger partial charge >= 0.3 is 5.97 Å². The lowest BCUT2D eigenvalue weighted by atomic mass is 10.2. The third-order valence-electron chi connectivity index (χ3n) is 1.67. The maximum absolute atomic E-state index is 11.3. The number of esters is 1. The third kappa shape index (κ3) is 2.72. The molecular weight excluding hydrogens is 234 g/mol. The largest absolute Gasteiger partial charge is 0.449 e. The number of rotatable bonds is 3. The Hall–Kier alpha value is -2.06. The monoisotopic (exact) mass is 239 g/mol. The lowest BCUT2D eigenvalue weighted by Crippen LogP contribution is -2.05. The second-order valence-corrected chi connectivity index (χ2v) is 3.11. The quantitative estimate of drug-likeness (QED) is 0.350. The Labute approximate surface area is 96.1 Å².